The van der Waals surface area contributed by atoms with E-state index in [2.05, 4.69) is 12.2 Å². The molecule has 2 rings (SSSR count). The van der Waals surface area contributed by atoms with Crippen LogP contribution in [0.1, 0.15) is 37.8 Å². The van der Waals surface area contributed by atoms with Crippen molar-refractivity contribution in [2.24, 2.45) is 0 Å². The van der Waals surface area contributed by atoms with Gasteiger partial charge >= 0.3 is 5.97 Å². The molecule has 0 spiro atoms. The lowest BCUT2D eigenvalue weighted by atomic mass is 10.1. The van der Waals surface area contributed by atoms with Gasteiger partial charge in [-0.05, 0) is 42.7 Å². The van der Waals surface area contributed by atoms with Crippen LogP contribution in [-0.2, 0) is 25.5 Å². The van der Waals surface area contributed by atoms with Gasteiger partial charge in [0.05, 0.1) is 19.6 Å². The maximum absolute atomic E-state index is 11.9. The molecule has 0 bridgehead atoms. The monoisotopic (exact) mass is 439 g/mol. The molecule has 0 fully saturated rings. The molecule has 32 heavy (non-hydrogen) atoms. The van der Waals surface area contributed by atoms with Crippen molar-refractivity contribution in [3.05, 3.63) is 65.7 Å². The molecule has 0 aromatic heterocycles. The van der Waals surface area contributed by atoms with Crippen molar-refractivity contribution in [2.45, 2.75) is 33.1 Å². The Bertz CT molecular complexity index is 923. The van der Waals surface area contributed by atoms with Crippen LogP contribution in [0.4, 0.5) is 0 Å². The molecule has 0 saturated heterocycles. The normalized spacial score (nSPS) is 10.6. The summed E-state index contributed by atoms with van der Waals surface area (Å²) in [6.45, 7) is 4.51. The average Bonchev–Trinajstić information content (AvgIpc) is 2.78. The summed E-state index contributed by atoms with van der Waals surface area (Å²) in [6.07, 6.45) is 4.82. The summed E-state index contributed by atoms with van der Waals surface area (Å²) in [5.41, 5.74) is 1.50. The van der Waals surface area contributed by atoms with Gasteiger partial charge in [0.25, 0.3) is 5.91 Å². The Kier molecular flexibility index (Phi) is 10.5. The van der Waals surface area contributed by atoms with Crippen LogP contribution in [0.15, 0.2) is 54.6 Å². The first-order chi connectivity index (χ1) is 15.5. The van der Waals surface area contributed by atoms with E-state index in [9.17, 15) is 14.4 Å². The molecule has 7 nitrogen and oxygen atoms in total. The standard InChI is InChI=1S/C25H29NO6/c1-3-5-15-31-21-13-11-20(16-22(21)30-4-2)12-14-25(29)32-18-24(28)26-23(27)17-19-9-7-6-8-10-19/h6-14,16H,3-5,15,17-18H2,1-2H3,(H,26,27,28)/b14-12+. The van der Waals surface area contributed by atoms with Crippen LogP contribution in [0.3, 0.4) is 0 Å². The van der Waals surface area contributed by atoms with Crippen molar-refractivity contribution >= 4 is 23.9 Å². The maximum Gasteiger partial charge on any atom is 0.331 e. The van der Waals surface area contributed by atoms with Crippen LogP contribution < -0.4 is 14.8 Å². The van der Waals surface area contributed by atoms with E-state index >= 15 is 0 Å². The molecule has 0 saturated carbocycles. The predicted octanol–water partition coefficient (Wildman–Crippen LogP) is 3.71. The van der Waals surface area contributed by atoms with Crippen molar-refractivity contribution in [2.75, 3.05) is 19.8 Å². The van der Waals surface area contributed by atoms with Gasteiger partial charge in [0, 0.05) is 6.08 Å². The summed E-state index contributed by atoms with van der Waals surface area (Å²) in [7, 11) is 0. The molecular weight excluding hydrogens is 410 g/mol. The zero-order chi connectivity index (χ0) is 23.2. The topological polar surface area (TPSA) is 90.9 Å². The number of hydrogen-bond donors (Lipinski definition) is 1. The Morgan fingerprint density at radius 3 is 2.44 bits per heavy atom. The van der Waals surface area contributed by atoms with Gasteiger partial charge in [-0.3, -0.25) is 14.9 Å². The van der Waals surface area contributed by atoms with Crippen molar-refractivity contribution in [1.29, 1.82) is 0 Å². The minimum atomic E-state index is -0.697. The molecule has 0 aliphatic carbocycles. The summed E-state index contributed by atoms with van der Waals surface area (Å²) >= 11 is 0. The van der Waals surface area contributed by atoms with Crippen molar-refractivity contribution in [3.63, 3.8) is 0 Å². The highest BCUT2D eigenvalue weighted by atomic mass is 16.5. The lowest BCUT2D eigenvalue weighted by Crippen LogP contribution is -2.35. The average molecular weight is 440 g/mol. The Labute approximate surface area is 188 Å². The van der Waals surface area contributed by atoms with Crippen LogP contribution >= 0.6 is 0 Å². The smallest absolute Gasteiger partial charge is 0.331 e. The highest BCUT2D eigenvalue weighted by molar-refractivity contribution is 5.97. The highest BCUT2D eigenvalue weighted by Crippen LogP contribution is 2.29. The van der Waals surface area contributed by atoms with Crippen molar-refractivity contribution < 1.29 is 28.6 Å². The fourth-order valence-electron chi connectivity index (χ4n) is 2.71. The Balaban J connectivity index is 1.82. The predicted molar refractivity (Wildman–Crippen MR) is 121 cm³/mol. The third kappa shape index (κ3) is 9.04. The lowest BCUT2D eigenvalue weighted by molar-refractivity contribution is -0.145. The number of esters is 1. The second kappa shape index (κ2) is 13.6. The molecular formula is C25H29NO6. The summed E-state index contributed by atoms with van der Waals surface area (Å²) in [4.78, 5) is 35.6. The van der Waals surface area contributed by atoms with Gasteiger partial charge < -0.3 is 14.2 Å². The molecule has 170 valence electrons. The number of carbonyl (C=O) groups excluding carboxylic acids is 3. The quantitative estimate of drug-likeness (QED) is 0.308. The number of unbranched alkanes of at least 4 members (excludes halogenated alkanes) is 1. The molecule has 2 amide bonds. The van der Waals surface area contributed by atoms with Crippen LogP contribution in [0.2, 0.25) is 0 Å². The first-order valence-corrected chi connectivity index (χ1v) is 10.6. The molecule has 0 unspecified atom stereocenters. The third-order valence-electron chi connectivity index (χ3n) is 4.27. The van der Waals surface area contributed by atoms with E-state index < -0.39 is 24.4 Å². The number of ether oxygens (including phenoxy) is 3. The third-order valence-corrected chi connectivity index (χ3v) is 4.27. The molecule has 0 heterocycles. The molecule has 2 aromatic rings. The van der Waals surface area contributed by atoms with Crippen LogP contribution in [0.25, 0.3) is 6.08 Å². The number of rotatable bonds is 12. The molecule has 0 atom stereocenters. The van der Waals surface area contributed by atoms with Gasteiger partial charge in [-0.1, -0.05) is 49.7 Å². The first-order valence-electron chi connectivity index (χ1n) is 10.6. The highest BCUT2D eigenvalue weighted by Gasteiger charge is 2.11. The second-order valence-corrected chi connectivity index (χ2v) is 6.92. The number of nitrogens with one attached hydrogen (secondary N) is 1. The number of carbonyl (C=O) groups is 3. The number of benzene rings is 2. The molecule has 1 N–H and O–H groups in total. The van der Waals surface area contributed by atoms with Gasteiger partial charge in [-0.25, -0.2) is 4.79 Å². The minimum Gasteiger partial charge on any atom is -0.490 e. The largest absolute Gasteiger partial charge is 0.490 e. The SMILES string of the molecule is CCCCOc1ccc(/C=C/C(=O)OCC(=O)NC(=O)Cc2ccccc2)cc1OCC. The van der Waals surface area contributed by atoms with Crippen molar-refractivity contribution in [3.8, 4) is 11.5 Å². The first kappa shape index (κ1) is 24.7. The maximum atomic E-state index is 11.9. The summed E-state index contributed by atoms with van der Waals surface area (Å²) in [5, 5.41) is 2.20. The zero-order valence-corrected chi connectivity index (χ0v) is 18.5. The fourth-order valence-corrected chi connectivity index (χ4v) is 2.71. The number of amides is 2. The van der Waals surface area contributed by atoms with E-state index in [4.69, 9.17) is 14.2 Å². The lowest BCUT2D eigenvalue weighted by Gasteiger charge is -2.12. The van der Waals surface area contributed by atoms with E-state index in [0.29, 0.717) is 24.7 Å². The molecule has 0 aliphatic heterocycles. The number of hydrogen-bond acceptors (Lipinski definition) is 6. The van der Waals surface area contributed by atoms with Gasteiger partial charge in [-0.2, -0.15) is 0 Å². The van der Waals surface area contributed by atoms with Crippen LogP contribution in [-0.4, -0.2) is 37.6 Å². The molecule has 2 aromatic carbocycles. The summed E-state index contributed by atoms with van der Waals surface area (Å²) in [6, 6.07) is 14.4. The Morgan fingerprint density at radius 1 is 0.938 bits per heavy atom. The molecule has 0 aliphatic rings. The summed E-state index contributed by atoms with van der Waals surface area (Å²) < 4.78 is 16.2. The summed E-state index contributed by atoms with van der Waals surface area (Å²) in [5.74, 6) is -0.596. The zero-order valence-electron chi connectivity index (χ0n) is 18.5. The van der Waals surface area contributed by atoms with E-state index in [0.717, 1.165) is 24.0 Å². The van der Waals surface area contributed by atoms with E-state index in [1.165, 1.54) is 6.08 Å². The van der Waals surface area contributed by atoms with Gasteiger partial charge in [0.1, 0.15) is 0 Å². The van der Waals surface area contributed by atoms with Crippen LogP contribution in [0, 0.1) is 0 Å². The van der Waals surface area contributed by atoms with Crippen LogP contribution in [0.5, 0.6) is 11.5 Å². The van der Waals surface area contributed by atoms with E-state index in [1.54, 1.807) is 36.4 Å². The van der Waals surface area contributed by atoms with Gasteiger partial charge in [-0.15, -0.1) is 0 Å². The van der Waals surface area contributed by atoms with Crippen molar-refractivity contribution in [1.82, 2.24) is 5.32 Å². The fraction of sp³-hybridized carbons (Fsp3) is 0.320. The second-order valence-electron chi connectivity index (χ2n) is 6.92. The minimum absolute atomic E-state index is 0.0702. The Hall–Kier alpha value is -3.61. The Morgan fingerprint density at radius 2 is 1.72 bits per heavy atom. The van der Waals surface area contributed by atoms with E-state index in [1.807, 2.05) is 25.1 Å². The van der Waals surface area contributed by atoms with Gasteiger partial charge in [0.2, 0.25) is 5.91 Å². The molecule has 7 heteroatoms. The number of imide groups is 1. The van der Waals surface area contributed by atoms with Gasteiger partial charge in [0.15, 0.2) is 18.1 Å². The van der Waals surface area contributed by atoms with E-state index in [-0.39, 0.29) is 6.42 Å². The molecule has 0 radical (unpaired) electrons.